The van der Waals surface area contributed by atoms with Gasteiger partial charge in [0.2, 0.25) is 5.75 Å². The molecule has 0 saturated heterocycles. The second-order valence-electron chi connectivity index (χ2n) is 5.55. The van der Waals surface area contributed by atoms with Crippen molar-refractivity contribution in [3.8, 4) is 17.2 Å². The highest BCUT2D eigenvalue weighted by atomic mass is 19.1. The minimum atomic E-state index is -0.331. The van der Waals surface area contributed by atoms with E-state index in [4.69, 9.17) is 14.2 Å². The third-order valence-electron chi connectivity index (χ3n) is 4.04. The Kier molecular flexibility index (Phi) is 4.93. The molecule has 1 aromatic heterocycles. The summed E-state index contributed by atoms with van der Waals surface area (Å²) in [5, 5.41) is 0.707. The predicted octanol–water partition coefficient (Wildman–Crippen LogP) is 4.23. The maximum Gasteiger partial charge on any atom is 0.203 e. The summed E-state index contributed by atoms with van der Waals surface area (Å²) in [4.78, 5) is 15.6. The fourth-order valence-electron chi connectivity index (χ4n) is 2.74. The van der Waals surface area contributed by atoms with Crippen LogP contribution < -0.4 is 14.2 Å². The van der Waals surface area contributed by atoms with Crippen molar-refractivity contribution in [1.29, 1.82) is 0 Å². The third-order valence-corrected chi connectivity index (χ3v) is 4.04. The van der Waals surface area contributed by atoms with E-state index in [0.29, 0.717) is 28.2 Å². The predicted molar refractivity (Wildman–Crippen MR) is 97.7 cm³/mol. The van der Waals surface area contributed by atoms with Crippen molar-refractivity contribution in [2.24, 2.45) is 0 Å². The number of H-pyrrole nitrogens is 1. The Balaban J connectivity index is 1.94. The van der Waals surface area contributed by atoms with Crippen molar-refractivity contribution in [1.82, 2.24) is 4.98 Å². The topological polar surface area (TPSA) is 60.6 Å². The summed E-state index contributed by atoms with van der Waals surface area (Å²) < 4.78 is 29.2. The van der Waals surface area contributed by atoms with Crippen molar-refractivity contribution < 1.29 is 23.4 Å². The molecule has 1 N–H and O–H groups in total. The van der Waals surface area contributed by atoms with E-state index in [1.807, 2.05) is 0 Å². The van der Waals surface area contributed by atoms with Crippen LogP contribution in [0, 0.1) is 5.82 Å². The molecule has 0 amide bonds. The highest BCUT2D eigenvalue weighted by Gasteiger charge is 2.15. The second kappa shape index (κ2) is 7.31. The van der Waals surface area contributed by atoms with Crippen LogP contribution in [-0.2, 0) is 0 Å². The number of ketones is 1. The normalized spacial score (nSPS) is 11.1. The number of hydrogen-bond donors (Lipinski definition) is 1. The van der Waals surface area contributed by atoms with Crippen LogP contribution in [-0.4, -0.2) is 32.1 Å². The molecule has 0 aliphatic heterocycles. The quantitative estimate of drug-likeness (QED) is 0.531. The average Bonchev–Trinajstić information content (AvgIpc) is 3.06. The van der Waals surface area contributed by atoms with Gasteiger partial charge in [-0.1, -0.05) is 0 Å². The van der Waals surface area contributed by atoms with Crippen LogP contribution in [0.2, 0.25) is 0 Å². The first-order valence-corrected chi connectivity index (χ1v) is 7.86. The Morgan fingerprint density at radius 3 is 2.35 bits per heavy atom. The fraction of sp³-hybridized carbons (Fsp3) is 0.150. The summed E-state index contributed by atoms with van der Waals surface area (Å²) in [6, 6.07) is 7.64. The molecule has 0 fully saturated rings. The van der Waals surface area contributed by atoms with Crippen molar-refractivity contribution in [3.05, 3.63) is 59.5 Å². The van der Waals surface area contributed by atoms with Crippen molar-refractivity contribution in [3.63, 3.8) is 0 Å². The summed E-state index contributed by atoms with van der Waals surface area (Å²) in [7, 11) is 4.47. The number of aromatic nitrogens is 1. The van der Waals surface area contributed by atoms with E-state index in [1.165, 1.54) is 39.5 Å². The van der Waals surface area contributed by atoms with Gasteiger partial charge < -0.3 is 19.2 Å². The smallest absolute Gasteiger partial charge is 0.203 e. The van der Waals surface area contributed by atoms with Crippen LogP contribution in [0.5, 0.6) is 17.2 Å². The number of fused-ring (bicyclic) bond motifs is 1. The maximum atomic E-state index is 13.5. The van der Waals surface area contributed by atoms with Gasteiger partial charge in [-0.05, 0) is 48.0 Å². The number of hydrogen-bond acceptors (Lipinski definition) is 4. The van der Waals surface area contributed by atoms with E-state index in [9.17, 15) is 9.18 Å². The number of benzene rings is 2. The highest BCUT2D eigenvalue weighted by Crippen LogP contribution is 2.38. The largest absolute Gasteiger partial charge is 0.493 e. The molecule has 0 aliphatic carbocycles. The Morgan fingerprint density at radius 2 is 1.73 bits per heavy atom. The number of carbonyl (C=O) groups excluding carboxylic acids is 1. The summed E-state index contributed by atoms with van der Waals surface area (Å²) in [5.74, 6) is 0.649. The molecule has 1 heterocycles. The molecular formula is C20H18FNO4. The molecule has 0 unspecified atom stereocenters. The molecular weight excluding hydrogens is 337 g/mol. The van der Waals surface area contributed by atoms with E-state index < -0.39 is 0 Å². The number of halogens is 1. The lowest BCUT2D eigenvalue weighted by atomic mass is 10.1. The number of rotatable bonds is 6. The zero-order valence-electron chi connectivity index (χ0n) is 14.6. The number of allylic oxidation sites excluding steroid dienone is 1. The lowest BCUT2D eigenvalue weighted by Crippen LogP contribution is -2.00. The van der Waals surface area contributed by atoms with E-state index in [1.54, 1.807) is 30.5 Å². The standard InChI is InChI=1S/C20H18FNO4/c1-24-18-8-13(9-19(25-2)20(18)26-3)17(23)7-4-12-11-22-16-6-5-14(21)10-15(12)16/h4-11,22H,1-3H3/b7-4+. The molecule has 0 aliphatic rings. The number of carbonyl (C=O) groups is 1. The second-order valence-corrected chi connectivity index (χ2v) is 5.55. The van der Waals surface area contributed by atoms with Gasteiger partial charge in [0, 0.05) is 22.7 Å². The molecule has 3 rings (SSSR count). The van der Waals surface area contributed by atoms with Crippen LogP contribution in [0.3, 0.4) is 0 Å². The van der Waals surface area contributed by atoms with E-state index in [-0.39, 0.29) is 11.6 Å². The van der Waals surface area contributed by atoms with Gasteiger partial charge in [-0.15, -0.1) is 0 Å². The highest BCUT2D eigenvalue weighted by molar-refractivity contribution is 6.08. The Bertz CT molecular complexity index is 966. The van der Waals surface area contributed by atoms with Gasteiger partial charge in [0.1, 0.15) is 5.82 Å². The summed E-state index contributed by atoms with van der Waals surface area (Å²) >= 11 is 0. The van der Waals surface area contributed by atoms with Crippen LogP contribution in [0.4, 0.5) is 4.39 Å². The van der Waals surface area contributed by atoms with E-state index >= 15 is 0 Å². The van der Waals surface area contributed by atoms with Crippen LogP contribution in [0.1, 0.15) is 15.9 Å². The Morgan fingerprint density at radius 1 is 1.04 bits per heavy atom. The molecule has 6 heteroatoms. The van der Waals surface area contributed by atoms with Gasteiger partial charge >= 0.3 is 0 Å². The third kappa shape index (κ3) is 3.26. The van der Waals surface area contributed by atoms with Crippen molar-refractivity contribution >= 4 is 22.8 Å². The number of aromatic amines is 1. The van der Waals surface area contributed by atoms with Gasteiger partial charge in [0.05, 0.1) is 21.3 Å². The first-order chi connectivity index (χ1) is 12.6. The monoisotopic (exact) mass is 355 g/mol. The molecule has 0 saturated carbocycles. The molecule has 3 aromatic rings. The molecule has 0 spiro atoms. The van der Waals surface area contributed by atoms with Crippen LogP contribution >= 0.6 is 0 Å². The fourth-order valence-corrected chi connectivity index (χ4v) is 2.74. The van der Waals surface area contributed by atoms with E-state index in [0.717, 1.165) is 11.1 Å². The number of ether oxygens (including phenoxy) is 3. The maximum absolute atomic E-state index is 13.5. The zero-order valence-corrected chi connectivity index (χ0v) is 14.6. The lowest BCUT2D eigenvalue weighted by molar-refractivity contribution is 0.104. The average molecular weight is 355 g/mol. The summed E-state index contributed by atoms with van der Waals surface area (Å²) in [5.41, 5.74) is 1.91. The number of nitrogens with one attached hydrogen (secondary N) is 1. The van der Waals surface area contributed by atoms with E-state index in [2.05, 4.69) is 4.98 Å². The minimum absolute atomic E-state index is 0.241. The van der Waals surface area contributed by atoms with Crippen molar-refractivity contribution in [2.75, 3.05) is 21.3 Å². The minimum Gasteiger partial charge on any atom is -0.493 e. The first-order valence-electron chi connectivity index (χ1n) is 7.86. The summed E-state index contributed by atoms with van der Waals surface area (Å²) in [6.45, 7) is 0. The molecule has 2 aromatic carbocycles. The summed E-state index contributed by atoms with van der Waals surface area (Å²) in [6.07, 6.45) is 4.79. The Labute approximate surface area is 150 Å². The van der Waals surface area contributed by atoms with Gasteiger partial charge in [0.25, 0.3) is 0 Å². The lowest BCUT2D eigenvalue weighted by Gasteiger charge is -2.13. The van der Waals surface area contributed by atoms with Crippen LogP contribution in [0.15, 0.2) is 42.6 Å². The first kappa shape index (κ1) is 17.5. The molecule has 26 heavy (non-hydrogen) atoms. The number of methoxy groups -OCH3 is 3. The van der Waals surface area contributed by atoms with Gasteiger partial charge in [-0.3, -0.25) is 4.79 Å². The van der Waals surface area contributed by atoms with Crippen molar-refractivity contribution in [2.45, 2.75) is 0 Å². The molecule has 0 bridgehead atoms. The zero-order chi connectivity index (χ0) is 18.7. The Hall–Kier alpha value is -3.28. The molecule has 134 valence electrons. The molecule has 5 nitrogen and oxygen atoms in total. The molecule has 0 atom stereocenters. The van der Waals surface area contributed by atoms with Crippen LogP contribution in [0.25, 0.3) is 17.0 Å². The molecule has 0 radical (unpaired) electrons. The van der Waals surface area contributed by atoms with Gasteiger partial charge in [-0.25, -0.2) is 4.39 Å². The SMILES string of the molecule is COc1cc(C(=O)/C=C/c2c[nH]c3ccc(F)cc23)cc(OC)c1OC. The van der Waals surface area contributed by atoms with Gasteiger partial charge in [0.15, 0.2) is 17.3 Å². The van der Waals surface area contributed by atoms with Gasteiger partial charge in [-0.2, -0.15) is 0 Å².